The lowest BCUT2D eigenvalue weighted by molar-refractivity contribution is 0.0468. The van der Waals surface area contributed by atoms with Crippen molar-refractivity contribution in [2.75, 3.05) is 7.11 Å². The number of ether oxygens (including phenoxy) is 1. The molecule has 1 heterocycles. The predicted octanol–water partition coefficient (Wildman–Crippen LogP) is 3.66. The lowest BCUT2D eigenvalue weighted by atomic mass is 9.70. The number of fused-ring (bicyclic) bond motifs is 1. The fourth-order valence-electron chi connectivity index (χ4n) is 4.51. The molecule has 1 aromatic rings. The first kappa shape index (κ1) is 16.2. The van der Waals surface area contributed by atoms with Crippen LogP contribution in [-0.4, -0.2) is 30.9 Å². The van der Waals surface area contributed by atoms with Gasteiger partial charge >= 0.3 is 0 Å². The highest BCUT2D eigenvalue weighted by molar-refractivity contribution is 6.11. The molecular weight excluding hydrogens is 312 g/mol. The average molecular weight is 334 g/mol. The summed E-state index contributed by atoms with van der Waals surface area (Å²) < 4.78 is 5.53. The second-order valence-corrected chi connectivity index (χ2v) is 7.21. The van der Waals surface area contributed by atoms with E-state index in [9.17, 15) is 5.26 Å². The van der Waals surface area contributed by atoms with Crippen LogP contribution in [0.4, 0.5) is 0 Å². The van der Waals surface area contributed by atoms with E-state index >= 15 is 0 Å². The van der Waals surface area contributed by atoms with Crippen molar-refractivity contribution in [1.29, 1.82) is 5.26 Å². The second-order valence-electron chi connectivity index (χ2n) is 7.21. The summed E-state index contributed by atoms with van der Waals surface area (Å²) in [4.78, 5) is 4.29. The van der Waals surface area contributed by atoms with Crippen molar-refractivity contribution in [1.82, 2.24) is 0 Å². The SMILES string of the molecule is COC1CCC2(CC1)Cc1ccc(C3=NN=CCC3)cc1C2=NC#N. The molecule has 0 amide bonds. The van der Waals surface area contributed by atoms with Crippen molar-refractivity contribution in [3.63, 3.8) is 0 Å². The summed E-state index contributed by atoms with van der Waals surface area (Å²) in [5, 5.41) is 17.6. The van der Waals surface area contributed by atoms with Crippen LogP contribution in [-0.2, 0) is 11.2 Å². The van der Waals surface area contributed by atoms with Crippen LogP contribution in [0.15, 0.2) is 33.4 Å². The van der Waals surface area contributed by atoms with E-state index in [1.165, 1.54) is 5.56 Å². The van der Waals surface area contributed by atoms with Crippen molar-refractivity contribution < 1.29 is 4.74 Å². The Morgan fingerprint density at radius 3 is 2.84 bits per heavy atom. The molecular formula is C20H22N4O. The number of nitrogens with zero attached hydrogens (tertiary/aromatic N) is 4. The first-order chi connectivity index (χ1) is 12.3. The molecule has 0 aromatic heterocycles. The molecule has 0 radical (unpaired) electrons. The van der Waals surface area contributed by atoms with E-state index in [1.54, 1.807) is 7.11 Å². The number of benzene rings is 1. The minimum Gasteiger partial charge on any atom is -0.381 e. The molecule has 2 aliphatic carbocycles. The summed E-state index contributed by atoms with van der Waals surface area (Å²) >= 11 is 0. The lowest BCUT2D eigenvalue weighted by Crippen LogP contribution is -2.35. The van der Waals surface area contributed by atoms with E-state index in [4.69, 9.17) is 4.74 Å². The van der Waals surface area contributed by atoms with E-state index in [0.717, 1.165) is 67.5 Å². The number of rotatable bonds is 2. The summed E-state index contributed by atoms with van der Waals surface area (Å²) in [5.41, 5.74) is 5.52. The molecule has 25 heavy (non-hydrogen) atoms. The van der Waals surface area contributed by atoms with Gasteiger partial charge in [0.15, 0.2) is 0 Å². The minimum absolute atomic E-state index is 0.00174. The first-order valence-corrected chi connectivity index (χ1v) is 8.98. The summed E-state index contributed by atoms with van der Waals surface area (Å²) in [6, 6.07) is 6.50. The Morgan fingerprint density at radius 1 is 1.32 bits per heavy atom. The highest BCUT2D eigenvalue weighted by atomic mass is 16.5. The van der Waals surface area contributed by atoms with E-state index < -0.39 is 0 Å². The Balaban J connectivity index is 1.71. The van der Waals surface area contributed by atoms with E-state index in [0.29, 0.717) is 6.10 Å². The van der Waals surface area contributed by atoms with Crippen LogP contribution in [0.25, 0.3) is 0 Å². The fraction of sp³-hybridized carbons (Fsp3) is 0.500. The van der Waals surface area contributed by atoms with Gasteiger partial charge in [0.05, 0.1) is 17.5 Å². The Hall–Kier alpha value is -2.32. The highest BCUT2D eigenvalue weighted by Gasteiger charge is 2.45. The molecule has 0 unspecified atom stereocenters. The first-order valence-electron chi connectivity index (χ1n) is 8.98. The van der Waals surface area contributed by atoms with Crippen molar-refractivity contribution >= 4 is 17.6 Å². The molecule has 0 saturated heterocycles. The lowest BCUT2D eigenvalue weighted by Gasteiger charge is -2.36. The summed E-state index contributed by atoms with van der Waals surface area (Å²) in [6.45, 7) is 0. The zero-order valence-electron chi connectivity index (χ0n) is 14.5. The van der Waals surface area contributed by atoms with Gasteiger partial charge in [0.1, 0.15) is 0 Å². The van der Waals surface area contributed by atoms with Crippen molar-refractivity contribution in [2.24, 2.45) is 20.6 Å². The monoisotopic (exact) mass is 334 g/mol. The summed E-state index contributed by atoms with van der Waals surface area (Å²) in [5.74, 6) is 0. The van der Waals surface area contributed by atoms with Gasteiger partial charge < -0.3 is 4.74 Å². The maximum Gasteiger partial charge on any atom is 0.205 e. The number of methoxy groups -OCH3 is 1. The van der Waals surface area contributed by atoms with Gasteiger partial charge in [0.2, 0.25) is 6.19 Å². The van der Waals surface area contributed by atoms with Crippen LogP contribution in [0.1, 0.15) is 55.2 Å². The summed E-state index contributed by atoms with van der Waals surface area (Å²) in [7, 11) is 1.79. The maximum atomic E-state index is 9.28. The average Bonchev–Trinajstić information content (AvgIpc) is 2.96. The Kier molecular flexibility index (Phi) is 4.22. The Bertz CT molecular complexity index is 807. The normalized spacial score (nSPS) is 29.5. The summed E-state index contributed by atoms with van der Waals surface area (Å²) in [6.07, 6.45) is 11.2. The molecule has 1 saturated carbocycles. The van der Waals surface area contributed by atoms with E-state index in [2.05, 4.69) is 33.4 Å². The predicted molar refractivity (Wildman–Crippen MR) is 98.3 cm³/mol. The Morgan fingerprint density at radius 2 is 2.16 bits per heavy atom. The molecule has 5 heteroatoms. The molecule has 3 aliphatic rings. The zero-order chi connectivity index (χ0) is 17.3. The third-order valence-electron chi connectivity index (χ3n) is 5.88. The van der Waals surface area contributed by atoms with Gasteiger partial charge in [-0.15, -0.1) is 0 Å². The van der Waals surface area contributed by atoms with E-state index in [-0.39, 0.29) is 5.41 Å². The van der Waals surface area contributed by atoms with Gasteiger partial charge in [-0.05, 0) is 62.1 Å². The van der Waals surface area contributed by atoms with Crippen LogP contribution < -0.4 is 0 Å². The molecule has 1 aromatic carbocycles. The number of nitriles is 1. The standard InChI is InChI=1S/C20H22N4O/c1-25-16-6-8-20(9-7-16)12-15-5-4-14(18-3-2-10-23-24-18)11-17(15)19(20)22-13-21/h4-5,10-11,16H,2-3,6-9,12H2,1H3. The molecule has 128 valence electrons. The molecule has 4 rings (SSSR count). The second kappa shape index (κ2) is 6.53. The van der Waals surface area contributed by atoms with Gasteiger partial charge in [-0.1, -0.05) is 12.1 Å². The van der Waals surface area contributed by atoms with Crippen LogP contribution in [0.5, 0.6) is 0 Å². The molecule has 1 aliphatic heterocycles. The topological polar surface area (TPSA) is 70.1 Å². The van der Waals surface area contributed by atoms with Crippen LogP contribution in [0, 0.1) is 16.9 Å². The highest BCUT2D eigenvalue weighted by Crippen LogP contribution is 2.48. The molecule has 1 spiro atoms. The quantitative estimate of drug-likeness (QED) is 0.774. The molecule has 0 bridgehead atoms. The Labute approximate surface area is 148 Å². The molecule has 0 atom stereocenters. The van der Waals surface area contributed by atoms with Crippen LogP contribution >= 0.6 is 0 Å². The smallest absolute Gasteiger partial charge is 0.205 e. The van der Waals surface area contributed by atoms with Gasteiger partial charge in [-0.2, -0.15) is 20.5 Å². The molecule has 5 nitrogen and oxygen atoms in total. The zero-order valence-corrected chi connectivity index (χ0v) is 14.5. The van der Waals surface area contributed by atoms with Crippen LogP contribution in [0.2, 0.25) is 0 Å². The van der Waals surface area contributed by atoms with Crippen molar-refractivity contribution in [3.05, 3.63) is 34.9 Å². The van der Waals surface area contributed by atoms with Gasteiger partial charge in [0, 0.05) is 24.3 Å². The van der Waals surface area contributed by atoms with Gasteiger partial charge in [0.25, 0.3) is 0 Å². The van der Waals surface area contributed by atoms with E-state index in [1.807, 2.05) is 12.4 Å². The third-order valence-corrected chi connectivity index (χ3v) is 5.88. The molecule has 0 N–H and O–H groups in total. The molecule has 1 fully saturated rings. The maximum absolute atomic E-state index is 9.28. The van der Waals surface area contributed by atoms with Crippen molar-refractivity contribution in [3.8, 4) is 6.19 Å². The van der Waals surface area contributed by atoms with Gasteiger partial charge in [-0.3, -0.25) is 0 Å². The number of aliphatic imine (C=N–C) groups is 1. The van der Waals surface area contributed by atoms with Crippen LogP contribution in [0.3, 0.4) is 0 Å². The fourth-order valence-corrected chi connectivity index (χ4v) is 4.51. The third kappa shape index (κ3) is 2.81. The van der Waals surface area contributed by atoms with Gasteiger partial charge in [-0.25, -0.2) is 0 Å². The minimum atomic E-state index is -0.00174. The largest absolute Gasteiger partial charge is 0.381 e. The number of hydrogen-bond acceptors (Lipinski definition) is 5. The van der Waals surface area contributed by atoms with Crippen molar-refractivity contribution in [2.45, 2.75) is 51.0 Å². The number of hydrogen-bond donors (Lipinski definition) is 0.